The average molecular weight is 1630 g/mol. The molecule has 0 aliphatic carbocycles. The van der Waals surface area contributed by atoms with Gasteiger partial charge in [-0.2, -0.15) is 0 Å². The van der Waals surface area contributed by atoms with Crippen LogP contribution >= 0.6 is 0 Å². The van der Waals surface area contributed by atoms with Crippen molar-refractivity contribution in [1.29, 1.82) is 0 Å². The molecule has 0 heterocycles. The van der Waals surface area contributed by atoms with Gasteiger partial charge in [-0.1, -0.05) is 0 Å². The summed E-state index contributed by atoms with van der Waals surface area (Å²) in [5, 5.41) is 3.02. The van der Waals surface area contributed by atoms with Crippen molar-refractivity contribution >= 4 is 0 Å². The molecule has 0 atom stereocenters. The van der Waals surface area contributed by atoms with Gasteiger partial charge in [0.25, 0.3) is 0 Å². The minimum Gasteiger partial charge on any atom is -0.382 e. The van der Waals surface area contributed by atoms with Crippen molar-refractivity contribution in [3.05, 3.63) is 0 Å². The van der Waals surface area contributed by atoms with Crippen molar-refractivity contribution in [2.24, 2.45) is 0 Å². The topological polar surface area (TPSA) is 344 Å². The lowest BCUT2D eigenvalue weighted by Crippen LogP contribution is -2.17. The Hall–Kier alpha value is -1.48. The van der Waals surface area contributed by atoms with E-state index in [2.05, 4.69) is 5.32 Å². The van der Waals surface area contributed by atoms with E-state index >= 15 is 0 Å². The van der Waals surface area contributed by atoms with Crippen LogP contribution in [0.1, 0.15) is 0 Å². The predicted octanol–water partition coefficient (Wildman–Crippen LogP) is 0.433. The highest BCUT2D eigenvalue weighted by Crippen LogP contribution is 1.94. The molecular formula is C74H151NO36. The highest BCUT2D eigenvalue weighted by atomic mass is 16.6. The minimum atomic E-state index is 0.477. The molecule has 0 radical (unpaired) electrons. The first kappa shape index (κ1) is 110. The van der Waals surface area contributed by atoms with Gasteiger partial charge in [-0.15, -0.1) is 0 Å². The molecule has 111 heavy (non-hydrogen) atoms. The van der Waals surface area contributed by atoms with Gasteiger partial charge in [0, 0.05) is 13.7 Å². The van der Waals surface area contributed by atoms with E-state index in [-0.39, 0.29) is 0 Å². The second-order valence-corrected chi connectivity index (χ2v) is 22.5. The standard InChI is InChI=1S/C74H151NO36/c1-75-3-4-77-7-8-79-11-12-81-15-16-83-19-20-85-23-24-87-27-28-89-31-32-91-35-36-93-39-40-95-43-44-97-47-48-99-51-52-101-55-56-103-59-60-105-63-64-107-67-68-109-71-72-111-74-73-110-70-69-108-66-65-106-62-61-104-58-57-102-54-53-100-50-49-98-46-45-96-42-41-94-38-37-92-34-33-90-30-29-88-26-25-86-22-21-84-18-17-82-14-13-80-10-9-78-6-5-76-2/h75H,3-74H2,1-2H3. The van der Waals surface area contributed by atoms with Crippen molar-refractivity contribution in [3.8, 4) is 0 Å². The van der Waals surface area contributed by atoms with E-state index in [4.69, 9.17) is 171 Å². The van der Waals surface area contributed by atoms with E-state index in [1.165, 1.54) is 0 Å². The van der Waals surface area contributed by atoms with Crippen LogP contribution in [0.5, 0.6) is 0 Å². The van der Waals surface area contributed by atoms with Gasteiger partial charge in [-0.05, 0) is 7.05 Å². The monoisotopic (exact) mass is 1630 g/mol. The highest BCUT2D eigenvalue weighted by molar-refractivity contribution is 4.46. The number of likely N-dealkylation sites (N-methyl/N-ethyl adjacent to an activating group) is 1. The van der Waals surface area contributed by atoms with Crippen LogP contribution in [0.2, 0.25) is 0 Å². The zero-order valence-corrected chi connectivity index (χ0v) is 68.1. The van der Waals surface area contributed by atoms with Gasteiger partial charge in [0.05, 0.1) is 469 Å². The molecule has 668 valence electrons. The normalized spacial score (nSPS) is 11.8. The number of ether oxygens (including phenoxy) is 36. The van der Waals surface area contributed by atoms with Crippen molar-refractivity contribution in [2.45, 2.75) is 0 Å². The molecule has 0 rings (SSSR count). The Bertz CT molecular complexity index is 1450. The molecule has 0 saturated carbocycles. The lowest BCUT2D eigenvalue weighted by atomic mass is 10.6. The van der Waals surface area contributed by atoms with E-state index in [0.29, 0.717) is 469 Å². The Kier molecular flexibility index (Phi) is 107. The maximum atomic E-state index is 5.55. The molecule has 1 N–H and O–H groups in total. The van der Waals surface area contributed by atoms with Crippen LogP contribution in [0.15, 0.2) is 0 Å². The number of hydrogen-bond acceptors (Lipinski definition) is 37. The molecule has 0 unspecified atom stereocenters. The van der Waals surface area contributed by atoms with Gasteiger partial charge in [-0.3, -0.25) is 0 Å². The molecule has 0 aromatic rings. The maximum absolute atomic E-state index is 5.55. The maximum Gasteiger partial charge on any atom is 0.0701 e. The van der Waals surface area contributed by atoms with Gasteiger partial charge in [0.15, 0.2) is 0 Å². The van der Waals surface area contributed by atoms with Crippen LogP contribution in [0.3, 0.4) is 0 Å². The van der Waals surface area contributed by atoms with Gasteiger partial charge < -0.3 is 176 Å². The van der Waals surface area contributed by atoms with E-state index in [9.17, 15) is 0 Å². The molecule has 0 aromatic carbocycles. The van der Waals surface area contributed by atoms with Crippen LogP contribution in [-0.4, -0.2) is 490 Å². The summed E-state index contributed by atoms with van der Waals surface area (Å²) < 4.78 is 198. The van der Waals surface area contributed by atoms with Crippen LogP contribution in [0.4, 0.5) is 0 Å². The molecule has 0 aromatic heterocycles. The van der Waals surface area contributed by atoms with Gasteiger partial charge >= 0.3 is 0 Å². The average Bonchev–Trinajstić information content (AvgIpc) is 3.81. The summed E-state index contributed by atoms with van der Waals surface area (Å²) in [6.07, 6.45) is 0. The first-order valence-corrected chi connectivity index (χ1v) is 39.8. The Morgan fingerprint density at radius 2 is 0.162 bits per heavy atom. The molecule has 0 fully saturated rings. The van der Waals surface area contributed by atoms with Gasteiger partial charge in [-0.25, -0.2) is 0 Å². The van der Waals surface area contributed by atoms with Gasteiger partial charge in [0.1, 0.15) is 0 Å². The number of rotatable bonds is 108. The molecular weight excluding hydrogens is 1480 g/mol. The first-order chi connectivity index (χ1) is 55.4. The molecule has 0 spiro atoms. The Balaban J connectivity index is 3.10. The summed E-state index contributed by atoms with van der Waals surface area (Å²) in [5.74, 6) is 0. The summed E-state index contributed by atoms with van der Waals surface area (Å²) in [7, 11) is 3.54. The summed E-state index contributed by atoms with van der Waals surface area (Å²) in [4.78, 5) is 0. The molecule has 37 heteroatoms. The Morgan fingerprint density at radius 1 is 0.0991 bits per heavy atom. The van der Waals surface area contributed by atoms with E-state index in [0.717, 1.165) is 6.54 Å². The smallest absolute Gasteiger partial charge is 0.0701 e. The Morgan fingerprint density at radius 3 is 0.225 bits per heavy atom. The molecule has 0 bridgehead atoms. The third kappa shape index (κ3) is 109. The Labute approximate surface area is 663 Å². The molecule has 0 saturated heterocycles. The predicted molar refractivity (Wildman–Crippen MR) is 404 cm³/mol. The first-order valence-electron chi connectivity index (χ1n) is 39.8. The van der Waals surface area contributed by atoms with Crippen LogP contribution < -0.4 is 5.32 Å². The number of methoxy groups -OCH3 is 1. The quantitative estimate of drug-likeness (QED) is 0.0807. The largest absolute Gasteiger partial charge is 0.382 e. The van der Waals surface area contributed by atoms with Crippen molar-refractivity contribution in [2.75, 3.05) is 490 Å². The summed E-state index contributed by atoms with van der Waals surface area (Å²) in [6.45, 7) is 36.2. The van der Waals surface area contributed by atoms with Crippen LogP contribution in [-0.2, 0) is 171 Å². The van der Waals surface area contributed by atoms with Crippen molar-refractivity contribution < 1.29 is 171 Å². The highest BCUT2D eigenvalue weighted by Gasteiger charge is 2.04. The third-order valence-electron chi connectivity index (χ3n) is 13.6. The number of hydrogen-bond donors (Lipinski definition) is 1. The SMILES string of the molecule is CNCCOCCOCCOCCOCCOCCOCCOCCOCCOCCOCCOCCOCCOCCOCCOCCOCCOCCOCCOCCOCCOCCOCCOCCOCCOCCOCCOCCOCCOCCOCCOCCOCCOCCOCCOCCOC. The molecule has 0 amide bonds. The third-order valence-corrected chi connectivity index (χ3v) is 13.6. The van der Waals surface area contributed by atoms with E-state index in [1.54, 1.807) is 7.11 Å². The lowest BCUT2D eigenvalue weighted by Gasteiger charge is -2.09. The zero-order valence-electron chi connectivity index (χ0n) is 68.1. The summed E-state index contributed by atoms with van der Waals surface area (Å²) in [6, 6.07) is 0. The van der Waals surface area contributed by atoms with Crippen molar-refractivity contribution in [1.82, 2.24) is 5.32 Å². The second-order valence-electron chi connectivity index (χ2n) is 22.5. The minimum absolute atomic E-state index is 0.477. The summed E-state index contributed by atoms with van der Waals surface area (Å²) >= 11 is 0. The fraction of sp³-hybridized carbons (Fsp3) is 1.00. The van der Waals surface area contributed by atoms with Crippen LogP contribution in [0, 0.1) is 0 Å². The van der Waals surface area contributed by atoms with Gasteiger partial charge in [0.2, 0.25) is 0 Å². The van der Waals surface area contributed by atoms with E-state index < -0.39 is 0 Å². The number of nitrogens with one attached hydrogen (secondary N) is 1. The molecule has 0 aliphatic rings. The fourth-order valence-electron chi connectivity index (χ4n) is 7.90. The van der Waals surface area contributed by atoms with E-state index in [1.807, 2.05) is 7.05 Å². The fourth-order valence-corrected chi connectivity index (χ4v) is 7.90. The zero-order chi connectivity index (χ0) is 79.1. The molecule has 0 aliphatic heterocycles. The second kappa shape index (κ2) is 109. The summed E-state index contributed by atoms with van der Waals surface area (Å²) in [5.41, 5.74) is 0. The van der Waals surface area contributed by atoms with Crippen LogP contribution in [0.25, 0.3) is 0 Å². The lowest BCUT2D eigenvalue weighted by molar-refractivity contribution is -0.0327. The molecule has 37 nitrogen and oxygen atoms in total. The van der Waals surface area contributed by atoms with Crippen molar-refractivity contribution in [3.63, 3.8) is 0 Å².